The van der Waals surface area contributed by atoms with Crippen LogP contribution in [0.25, 0.3) is 0 Å². The molecule has 2 aromatic rings. The van der Waals surface area contributed by atoms with E-state index in [2.05, 4.69) is 97.4 Å². The van der Waals surface area contributed by atoms with Gasteiger partial charge in [0.1, 0.15) is 11.6 Å². The molecule has 36 heavy (non-hydrogen) atoms. The van der Waals surface area contributed by atoms with Crippen molar-refractivity contribution in [2.45, 2.75) is 65.3 Å². The van der Waals surface area contributed by atoms with Gasteiger partial charge in [-0.1, -0.05) is 45.1 Å². The Balaban J connectivity index is 1.43. The first-order chi connectivity index (χ1) is 17.3. The maximum atomic E-state index is 4.99. The van der Waals surface area contributed by atoms with Crippen molar-refractivity contribution in [1.82, 2.24) is 19.7 Å². The van der Waals surface area contributed by atoms with Crippen LogP contribution in [-0.4, -0.2) is 59.5 Å². The molecule has 0 bridgehead atoms. The standard InChI is InChI=1S/C31H43N5/c1-23-9-8-16-34(5)30(23)36-20-15-27-28(22-36)24(14-19-35-17-6-7-18-35)21-32-29(27)33-26-12-10-25(11-13-26)31(2,3)4/h8-13,21H,6-7,14-20,22H2,1-5H3,(H,32,33). The summed E-state index contributed by atoms with van der Waals surface area (Å²) in [6.45, 7) is 15.6. The fourth-order valence-corrected chi connectivity index (χ4v) is 5.94. The van der Waals surface area contributed by atoms with Gasteiger partial charge >= 0.3 is 0 Å². The molecule has 5 nitrogen and oxygen atoms in total. The van der Waals surface area contributed by atoms with Crippen LogP contribution in [0.4, 0.5) is 11.5 Å². The monoisotopic (exact) mass is 485 g/mol. The third-order valence-corrected chi connectivity index (χ3v) is 8.04. The zero-order valence-electron chi connectivity index (χ0n) is 22.9. The molecular weight excluding hydrogens is 442 g/mol. The van der Waals surface area contributed by atoms with E-state index in [1.165, 1.54) is 59.6 Å². The number of hydrogen-bond acceptors (Lipinski definition) is 5. The van der Waals surface area contributed by atoms with Crippen LogP contribution < -0.4 is 5.32 Å². The molecule has 0 amide bonds. The topological polar surface area (TPSA) is 34.6 Å². The highest BCUT2D eigenvalue weighted by Crippen LogP contribution is 2.34. The van der Waals surface area contributed by atoms with E-state index in [1.54, 1.807) is 0 Å². The second-order valence-corrected chi connectivity index (χ2v) is 11.8. The van der Waals surface area contributed by atoms with Crippen molar-refractivity contribution in [1.29, 1.82) is 0 Å². The highest BCUT2D eigenvalue weighted by molar-refractivity contribution is 5.63. The van der Waals surface area contributed by atoms with Gasteiger partial charge in [-0.3, -0.25) is 0 Å². The maximum absolute atomic E-state index is 4.99. The molecule has 1 saturated heterocycles. The molecule has 4 heterocycles. The molecule has 1 aromatic heterocycles. The Labute approximate surface area is 217 Å². The van der Waals surface area contributed by atoms with E-state index in [0.717, 1.165) is 50.5 Å². The second kappa shape index (κ2) is 10.3. The molecular formula is C31H43N5. The maximum Gasteiger partial charge on any atom is 0.133 e. The van der Waals surface area contributed by atoms with Gasteiger partial charge < -0.3 is 20.0 Å². The molecule has 1 aromatic carbocycles. The van der Waals surface area contributed by atoms with E-state index in [-0.39, 0.29) is 5.41 Å². The molecule has 0 saturated carbocycles. The molecule has 0 radical (unpaired) electrons. The molecule has 3 aliphatic rings. The highest BCUT2D eigenvalue weighted by Gasteiger charge is 2.27. The average molecular weight is 486 g/mol. The largest absolute Gasteiger partial charge is 0.357 e. The van der Waals surface area contributed by atoms with Crippen molar-refractivity contribution in [3.05, 3.63) is 76.3 Å². The summed E-state index contributed by atoms with van der Waals surface area (Å²) in [5.74, 6) is 2.40. The van der Waals surface area contributed by atoms with Crippen LogP contribution in [0.5, 0.6) is 0 Å². The number of hydrogen-bond donors (Lipinski definition) is 1. The molecule has 0 aliphatic carbocycles. The minimum absolute atomic E-state index is 0.157. The zero-order chi connectivity index (χ0) is 25.3. The normalized spacial score (nSPS) is 18.7. The summed E-state index contributed by atoms with van der Waals surface area (Å²) in [5, 5.41) is 3.67. The van der Waals surface area contributed by atoms with Gasteiger partial charge in [-0.2, -0.15) is 0 Å². The second-order valence-electron chi connectivity index (χ2n) is 11.8. The Morgan fingerprint density at radius 1 is 1.00 bits per heavy atom. The third kappa shape index (κ3) is 5.31. The molecule has 0 spiro atoms. The molecule has 1 N–H and O–H groups in total. The lowest BCUT2D eigenvalue weighted by Gasteiger charge is -2.40. The van der Waals surface area contributed by atoms with Crippen LogP contribution >= 0.6 is 0 Å². The van der Waals surface area contributed by atoms with Crippen molar-refractivity contribution in [2.75, 3.05) is 45.1 Å². The smallest absolute Gasteiger partial charge is 0.133 e. The Bertz CT molecular complexity index is 1130. The van der Waals surface area contributed by atoms with E-state index in [1.807, 2.05) is 0 Å². The Morgan fingerprint density at radius 3 is 2.44 bits per heavy atom. The van der Waals surface area contributed by atoms with Gasteiger partial charge in [-0.05, 0) is 85.5 Å². The third-order valence-electron chi connectivity index (χ3n) is 8.04. The van der Waals surface area contributed by atoms with Gasteiger partial charge in [0, 0.05) is 50.7 Å². The Morgan fingerprint density at radius 2 is 1.75 bits per heavy atom. The van der Waals surface area contributed by atoms with Crippen LogP contribution in [0.1, 0.15) is 62.8 Å². The average Bonchev–Trinajstić information content (AvgIpc) is 3.37. The Hall–Kier alpha value is -2.79. The zero-order valence-corrected chi connectivity index (χ0v) is 22.9. The molecule has 0 atom stereocenters. The SMILES string of the molecule is CC1=C(N2CCc3c(Nc4ccc(C(C)(C)C)cc4)ncc(CCN4CCCC4)c3C2)N(C)CC=C1. The van der Waals surface area contributed by atoms with Crippen molar-refractivity contribution in [3.63, 3.8) is 0 Å². The molecule has 1 fully saturated rings. The van der Waals surface area contributed by atoms with Gasteiger partial charge in [0.25, 0.3) is 0 Å². The summed E-state index contributed by atoms with van der Waals surface area (Å²) in [6.07, 6.45) is 11.5. The van der Waals surface area contributed by atoms with Gasteiger partial charge in [-0.25, -0.2) is 4.98 Å². The van der Waals surface area contributed by atoms with E-state index < -0.39 is 0 Å². The van der Waals surface area contributed by atoms with Gasteiger partial charge in [0.05, 0.1) is 0 Å². The molecule has 3 aliphatic heterocycles. The first kappa shape index (κ1) is 24.9. The summed E-state index contributed by atoms with van der Waals surface area (Å²) in [4.78, 5) is 12.6. The van der Waals surface area contributed by atoms with E-state index >= 15 is 0 Å². The summed E-state index contributed by atoms with van der Waals surface area (Å²) >= 11 is 0. The molecule has 0 unspecified atom stereocenters. The van der Waals surface area contributed by atoms with Crippen molar-refractivity contribution in [2.24, 2.45) is 0 Å². The number of allylic oxidation sites excluding steroid dienone is 2. The predicted molar refractivity (Wildman–Crippen MR) is 151 cm³/mol. The van der Waals surface area contributed by atoms with Crippen LogP contribution in [0.2, 0.25) is 0 Å². The summed E-state index contributed by atoms with van der Waals surface area (Å²) < 4.78 is 0. The lowest BCUT2D eigenvalue weighted by molar-refractivity contribution is 0.224. The van der Waals surface area contributed by atoms with Crippen LogP contribution in [0.3, 0.4) is 0 Å². The molecule has 5 rings (SSSR count). The number of anilines is 2. The summed E-state index contributed by atoms with van der Waals surface area (Å²) in [5.41, 5.74) is 8.28. The van der Waals surface area contributed by atoms with Crippen molar-refractivity contribution in [3.8, 4) is 0 Å². The highest BCUT2D eigenvalue weighted by atomic mass is 15.3. The van der Waals surface area contributed by atoms with Gasteiger partial charge in [-0.15, -0.1) is 0 Å². The fourth-order valence-electron chi connectivity index (χ4n) is 5.94. The number of nitrogens with one attached hydrogen (secondary N) is 1. The first-order valence-corrected chi connectivity index (χ1v) is 13.7. The lowest BCUT2D eigenvalue weighted by atomic mass is 9.87. The molecule has 192 valence electrons. The van der Waals surface area contributed by atoms with Crippen LogP contribution in [0, 0.1) is 0 Å². The van der Waals surface area contributed by atoms with Crippen LogP contribution in [-0.2, 0) is 24.8 Å². The number of aromatic nitrogens is 1. The van der Waals surface area contributed by atoms with E-state index in [9.17, 15) is 0 Å². The number of benzene rings is 1. The predicted octanol–water partition coefficient (Wildman–Crippen LogP) is 5.85. The first-order valence-electron chi connectivity index (χ1n) is 13.7. The van der Waals surface area contributed by atoms with Crippen LogP contribution in [0.15, 0.2) is 54.0 Å². The number of likely N-dealkylation sites (N-methyl/N-ethyl adjacent to an activating group) is 1. The number of fused-ring (bicyclic) bond motifs is 1. The minimum Gasteiger partial charge on any atom is -0.357 e. The van der Waals surface area contributed by atoms with E-state index in [0.29, 0.717) is 0 Å². The number of likely N-dealkylation sites (tertiary alicyclic amines) is 1. The van der Waals surface area contributed by atoms with Gasteiger partial charge in [0.15, 0.2) is 0 Å². The van der Waals surface area contributed by atoms with Crippen molar-refractivity contribution >= 4 is 11.5 Å². The van der Waals surface area contributed by atoms with E-state index in [4.69, 9.17) is 4.98 Å². The lowest BCUT2D eigenvalue weighted by Crippen LogP contribution is -2.39. The quantitative estimate of drug-likeness (QED) is 0.555. The number of nitrogens with zero attached hydrogens (tertiary/aromatic N) is 4. The number of pyridine rings is 1. The number of rotatable bonds is 6. The minimum atomic E-state index is 0.157. The van der Waals surface area contributed by atoms with Crippen molar-refractivity contribution < 1.29 is 0 Å². The summed E-state index contributed by atoms with van der Waals surface area (Å²) in [6, 6.07) is 8.87. The Kier molecular flexibility index (Phi) is 7.11. The fraction of sp³-hybridized carbons (Fsp3) is 0.516. The van der Waals surface area contributed by atoms with Gasteiger partial charge in [0.2, 0.25) is 0 Å². The molecule has 5 heteroatoms. The summed E-state index contributed by atoms with van der Waals surface area (Å²) in [7, 11) is 2.22.